The van der Waals surface area contributed by atoms with Crippen LogP contribution in [0.3, 0.4) is 0 Å². The molecule has 1 amide bonds. The van der Waals surface area contributed by atoms with Crippen molar-refractivity contribution in [2.75, 3.05) is 5.32 Å². The van der Waals surface area contributed by atoms with E-state index in [0.29, 0.717) is 18.1 Å². The van der Waals surface area contributed by atoms with Crippen LogP contribution in [-0.4, -0.2) is 25.5 Å². The molecule has 3 rings (SSSR count). The summed E-state index contributed by atoms with van der Waals surface area (Å²) in [4.78, 5) is 12.5. The minimum absolute atomic E-state index is 0.185. The van der Waals surface area contributed by atoms with E-state index in [0.717, 1.165) is 17.0 Å². The van der Waals surface area contributed by atoms with Crippen LogP contribution in [0.25, 0.3) is 11.3 Å². The number of aryl methyl sites for hydroxylation is 3. The van der Waals surface area contributed by atoms with Crippen LogP contribution in [0.1, 0.15) is 23.1 Å². The Morgan fingerprint density at radius 2 is 1.91 bits per heavy atom. The molecule has 0 radical (unpaired) electrons. The summed E-state index contributed by atoms with van der Waals surface area (Å²) in [6.07, 6.45) is 0. The lowest BCUT2D eigenvalue weighted by molar-refractivity contribution is 0.101. The molecule has 6 heteroatoms. The highest BCUT2D eigenvalue weighted by Crippen LogP contribution is 2.21. The Labute approximate surface area is 134 Å². The smallest absolute Gasteiger partial charge is 0.275 e. The molecule has 1 aromatic carbocycles. The molecule has 0 aliphatic rings. The Kier molecular flexibility index (Phi) is 3.97. The number of hydrogen-bond acceptors (Lipinski definition) is 3. The molecule has 0 aliphatic carbocycles. The SMILES string of the molecule is CCn1nc(C)cc1C(=O)Nc1cc(-c2ccccc2)nn1C. The lowest BCUT2D eigenvalue weighted by Crippen LogP contribution is -2.18. The molecule has 0 atom stereocenters. The third-order valence-electron chi connectivity index (χ3n) is 3.63. The fourth-order valence-corrected chi connectivity index (χ4v) is 2.48. The Hall–Kier alpha value is -2.89. The van der Waals surface area contributed by atoms with Gasteiger partial charge in [0.1, 0.15) is 11.5 Å². The van der Waals surface area contributed by atoms with Crippen molar-refractivity contribution in [1.29, 1.82) is 0 Å². The molecule has 0 fully saturated rings. The third kappa shape index (κ3) is 3.01. The minimum atomic E-state index is -0.185. The number of carbonyl (C=O) groups excluding carboxylic acids is 1. The molecule has 0 spiro atoms. The Bertz CT molecular complexity index is 832. The number of anilines is 1. The third-order valence-corrected chi connectivity index (χ3v) is 3.63. The van der Waals surface area contributed by atoms with Crippen molar-refractivity contribution in [2.24, 2.45) is 7.05 Å². The molecule has 2 heterocycles. The monoisotopic (exact) mass is 309 g/mol. The van der Waals surface area contributed by atoms with Crippen LogP contribution in [0.4, 0.5) is 5.82 Å². The molecule has 6 nitrogen and oxygen atoms in total. The molecule has 2 aromatic heterocycles. The van der Waals surface area contributed by atoms with Crippen LogP contribution in [0, 0.1) is 6.92 Å². The molecular formula is C17H19N5O. The number of nitrogens with one attached hydrogen (secondary N) is 1. The number of rotatable bonds is 4. The summed E-state index contributed by atoms with van der Waals surface area (Å²) < 4.78 is 3.36. The molecule has 0 saturated carbocycles. The lowest BCUT2D eigenvalue weighted by Gasteiger charge is -2.06. The van der Waals surface area contributed by atoms with Crippen LogP contribution >= 0.6 is 0 Å². The van der Waals surface area contributed by atoms with Crippen molar-refractivity contribution in [3.8, 4) is 11.3 Å². The standard InChI is InChI=1S/C17H19N5O/c1-4-22-15(10-12(2)19-22)17(23)18-16-11-14(20-21(16)3)13-8-6-5-7-9-13/h5-11H,4H2,1-3H3,(H,18,23). The van der Waals surface area contributed by atoms with Crippen molar-refractivity contribution in [3.05, 3.63) is 53.9 Å². The van der Waals surface area contributed by atoms with E-state index in [9.17, 15) is 4.79 Å². The second-order valence-electron chi connectivity index (χ2n) is 5.35. The zero-order valence-electron chi connectivity index (χ0n) is 13.4. The Balaban J connectivity index is 1.86. The number of aromatic nitrogens is 4. The summed E-state index contributed by atoms with van der Waals surface area (Å²) in [6, 6.07) is 13.5. The van der Waals surface area contributed by atoms with Crippen LogP contribution < -0.4 is 5.32 Å². The largest absolute Gasteiger partial charge is 0.305 e. The first-order chi connectivity index (χ1) is 11.1. The molecule has 118 valence electrons. The van der Waals surface area contributed by atoms with Gasteiger partial charge in [-0.3, -0.25) is 14.2 Å². The van der Waals surface area contributed by atoms with Gasteiger partial charge in [0.25, 0.3) is 5.91 Å². The summed E-state index contributed by atoms with van der Waals surface area (Å²) in [7, 11) is 1.81. The lowest BCUT2D eigenvalue weighted by atomic mass is 10.1. The molecular weight excluding hydrogens is 290 g/mol. The van der Waals surface area contributed by atoms with Gasteiger partial charge in [-0.05, 0) is 19.9 Å². The highest BCUT2D eigenvalue weighted by atomic mass is 16.2. The summed E-state index contributed by atoms with van der Waals surface area (Å²) in [6.45, 7) is 4.48. The number of amides is 1. The summed E-state index contributed by atoms with van der Waals surface area (Å²) >= 11 is 0. The molecule has 3 aromatic rings. The molecule has 0 aliphatic heterocycles. The number of hydrogen-bond donors (Lipinski definition) is 1. The van der Waals surface area contributed by atoms with Gasteiger partial charge in [0.2, 0.25) is 0 Å². The van der Waals surface area contributed by atoms with E-state index in [1.807, 2.05) is 57.3 Å². The van der Waals surface area contributed by atoms with E-state index in [1.165, 1.54) is 0 Å². The Morgan fingerprint density at radius 1 is 1.17 bits per heavy atom. The zero-order chi connectivity index (χ0) is 16.4. The molecule has 23 heavy (non-hydrogen) atoms. The topological polar surface area (TPSA) is 64.7 Å². The first-order valence-electron chi connectivity index (χ1n) is 7.53. The van der Waals surface area contributed by atoms with Gasteiger partial charge in [-0.2, -0.15) is 10.2 Å². The van der Waals surface area contributed by atoms with E-state index in [4.69, 9.17) is 0 Å². The van der Waals surface area contributed by atoms with E-state index in [-0.39, 0.29) is 5.91 Å². The summed E-state index contributed by atoms with van der Waals surface area (Å²) in [5.41, 5.74) is 3.21. The Morgan fingerprint density at radius 3 is 2.61 bits per heavy atom. The van der Waals surface area contributed by atoms with Gasteiger partial charge in [0.15, 0.2) is 0 Å². The van der Waals surface area contributed by atoms with Crippen LogP contribution in [0.5, 0.6) is 0 Å². The van der Waals surface area contributed by atoms with Gasteiger partial charge in [-0.25, -0.2) is 0 Å². The van der Waals surface area contributed by atoms with Gasteiger partial charge < -0.3 is 5.32 Å². The van der Waals surface area contributed by atoms with E-state index in [1.54, 1.807) is 15.4 Å². The molecule has 0 bridgehead atoms. The quantitative estimate of drug-likeness (QED) is 0.806. The predicted molar refractivity (Wildman–Crippen MR) is 89.2 cm³/mol. The predicted octanol–water partition coefficient (Wildman–Crippen LogP) is 2.86. The van der Waals surface area contributed by atoms with Crippen molar-refractivity contribution in [2.45, 2.75) is 20.4 Å². The fraction of sp³-hybridized carbons (Fsp3) is 0.235. The average molecular weight is 309 g/mol. The number of carbonyl (C=O) groups is 1. The molecule has 1 N–H and O–H groups in total. The maximum absolute atomic E-state index is 12.5. The van der Waals surface area contributed by atoms with Crippen LogP contribution in [0.15, 0.2) is 42.5 Å². The highest BCUT2D eigenvalue weighted by molar-refractivity contribution is 6.02. The average Bonchev–Trinajstić information content (AvgIpc) is 3.11. The van der Waals surface area contributed by atoms with Gasteiger partial charge in [0, 0.05) is 25.2 Å². The van der Waals surface area contributed by atoms with Crippen molar-refractivity contribution < 1.29 is 4.79 Å². The fourth-order valence-electron chi connectivity index (χ4n) is 2.48. The maximum Gasteiger partial charge on any atom is 0.275 e. The van der Waals surface area contributed by atoms with Crippen molar-refractivity contribution >= 4 is 11.7 Å². The second-order valence-corrected chi connectivity index (χ2v) is 5.35. The minimum Gasteiger partial charge on any atom is -0.305 e. The first kappa shape index (κ1) is 15.0. The van der Waals surface area contributed by atoms with Gasteiger partial charge >= 0.3 is 0 Å². The molecule has 0 unspecified atom stereocenters. The van der Waals surface area contributed by atoms with Gasteiger partial charge in [-0.1, -0.05) is 30.3 Å². The van der Waals surface area contributed by atoms with Crippen molar-refractivity contribution in [1.82, 2.24) is 19.6 Å². The maximum atomic E-state index is 12.5. The number of nitrogens with zero attached hydrogens (tertiary/aromatic N) is 4. The second kappa shape index (κ2) is 6.08. The molecule has 0 saturated heterocycles. The zero-order valence-corrected chi connectivity index (χ0v) is 13.4. The van der Waals surface area contributed by atoms with Gasteiger partial charge in [-0.15, -0.1) is 0 Å². The first-order valence-corrected chi connectivity index (χ1v) is 7.53. The van der Waals surface area contributed by atoms with Crippen LogP contribution in [0.2, 0.25) is 0 Å². The summed E-state index contributed by atoms with van der Waals surface area (Å²) in [5.74, 6) is 0.463. The van der Waals surface area contributed by atoms with E-state index >= 15 is 0 Å². The van der Waals surface area contributed by atoms with E-state index < -0.39 is 0 Å². The number of benzene rings is 1. The van der Waals surface area contributed by atoms with Gasteiger partial charge in [0.05, 0.1) is 11.4 Å². The van der Waals surface area contributed by atoms with Crippen LogP contribution in [-0.2, 0) is 13.6 Å². The summed E-state index contributed by atoms with van der Waals surface area (Å²) in [5, 5.41) is 11.7. The van der Waals surface area contributed by atoms with E-state index in [2.05, 4.69) is 15.5 Å². The van der Waals surface area contributed by atoms with Crippen molar-refractivity contribution in [3.63, 3.8) is 0 Å². The highest BCUT2D eigenvalue weighted by Gasteiger charge is 2.16. The normalized spacial score (nSPS) is 10.7.